The van der Waals surface area contributed by atoms with Gasteiger partial charge in [-0.05, 0) is 30.7 Å². The SMILES string of the molecule is CCCCCNC(=O)c1ccc(Nc2cccc(OC)c2)nn1. The van der Waals surface area contributed by atoms with Crippen molar-refractivity contribution in [2.24, 2.45) is 0 Å². The van der Waals surface area contributed by atoms with Crippen molar-refractivity contribution in [1.29, 1.82) is 0 Å². The molecular weight excluding hydrogens is 292 g/mol. The molecule has 1 amide bonds. The van der Waals surface area contributed by atoms with Gasteiger partial charge in [-0.15, -0.1) is 10.2 Å². The number of nitrogens with one attached hydrogen (secondary N) is 2. The summed E-state index contributed by atoms with van der Waals surface area (Å²) in [6.07, 6.45) is 3.21. The second-order valence-corrected chi connectivity index (χ2v) is 5.12. The number of unbranched alkanes of at least 4 members (excludes halogenated alkanes) is 2. The summed E-state index contributed by atoms with van der Waals surface area (Å²) in [4.78, 5) is 11.9. The van der Waals surface area contributed by atoms with Crippen LogP contribution < -0.4 is 15.4 Å². The second-order valence-electron chi connectivity index (χ2n) is 5.12. The highest BCUT2D eigenvalue weighted by Crippen LogP contribution is 2.19. The van der Waals surface area contributed by atoms with Gasteiger partial charge in [0.25, 0.3) is 5.91 Å². The minimum atomic E-state index is -0.193. The third-order valence-corrected chi connectivity index (χ3v) is 3.31. The molecule has 0 bridgehead atoms. The Morgan fingerprint density at radius 2 is 2.04 bits per heavy atom. The number of ether oxygens (including phenoxy) is 1. The molecule has 0 spiro atoms. The van der Waals surface area contributed by atoms with Crippen LogP contribution >= 0.6 is 0 Å². The van der Waals surface area contributed by atoms with Crippen molar-refractivity contribution >= 4 is 17.4 Å². The molecule has 0 fully saturated rings. The summed E-state index contributed by atoms with van der Waals surface area (Å²) in [6.45, 7) is 2.79. The van der Waals surface area contributed by atoms with E-state index in [0.29, 0.717) is 18.1 Å². The molecule has 0 aliphatic rings. The van der Waals surface area contributed by atoms with Crippen molar-refractivity contribution in [2.45, 2.75) is 26.2 Å². The monoisotopic (exact) mass is 314 g/mol. The van der Waals surface area contributed by atoms with E-state index in [1.807, 2.05) is 24.3 Å². The Kier molecular flexibility index (Phi) is 6.35. The van der Waals surface area contributed by atoms with E-state index in [2.05, 4.69) is 27.8 Å². The first-order valence-corrected chi connectivity index (χ1v) is 7.76. The molecule has 23 heavy (non-hydrogen) atoms. The van der Waals surface area contributed by atoms with Gasteiger partial charge in [-0.1, -0.05) is 25.8 Å². The van der Waals surface area contributed by atoms with E-state index < -0.39 is 0 Å². The maximum absolute atomic E-state index is 11.9. The largest absolute Gasteiger partial charge is 0.497 e. The molecule has 6 nitrogen and oxygen atoms in total. The topological polar surface area (TPSA) is 76.1 Å². The Morgan fingerprint density at radius 1 is 1.17 bits per heavy atom. The first-order chi connectivity index (χ1) is 11.2. The molecule has 0 saturated heterocycles. The van der Waals surface area contributed by atoms with E-state index in [1.165, 1.54) is 0 Å². The normalized spacial score (nSPS) is 10.2. The van der Waals surface area contributed by atoms with Crippen LogP contribution in [0.5, 0.6) is 5.75 Å². The van der Waals surface area contributed by atoms with Gasteiger partial charge in [-0.3, -0.25) is 4.79 Å². The van der Waals surface area contributed by atoms with Crippen molar-refractivity contribution in [2.75, 3.05) is 19.0 Å². The van der Waals surface area contributed by atoms with Gasteiger partial charge < -0.3 is 15.4 Å². The van der Waals surface area contributed by atoms with Crippen molar-refractivity contribution in [1.82, 2.24) is 15.5 Å². The van der Waals surface area contributed by atoms with E-state index in [9.17, 15) is 4.79 Å². The van der Waals surface area contributed by atoms with Crippen LogP contribution in [0.2, 0.25) is 0 Å². The van der Waals surface area contributed by atoms with Crippen LogP contribution in [-0.4, -0.2) is 29.8 Å². The van der Waals surface area contributed by atoms with Gasteiger partial charge in [-0.25, -0.2) is 0 Å². The molecule has 0 unspecified atom stereocenters. The minimum Gasteiger partial charge on any atom is -0.497 e. The van der Waals surface area contributed by atoms with Gasteiger partial charge in [-0.2, -0.15) is 0 Å². The number of nitrogens with zero attached hydrogens (tertiary/aromatic N) is 2. The summed E-state index contributed by atoms with van der Waals surface area (Å²) in [5.74, 6) is 1.13. The average Bonchev–Trinajstić information content (AvgIpc) is 2.59. The third-order valence-electron chi connectivity index (χ3n) is 3.31. The lowest BCUT2D eigenvalue weighted by molar-refractivity contribution is 0.0947. The second kappa shape index (κ2) is 8.73. The number of hydrogen-bond donors (Lipinski definition) is 2. The standard InChI is InChI=1S/C17H22N4O2/c1-3-4-5-11-18-17(22)15-9-10-16(21-20-15)19-13-7-6-8-14(12-13)23-2/h6-10,12H,3-5,11H2,1-2H3,(H,18,22)(H,19,21). The van der Waals surface area contributed by atoms with Crippen molar-refractivity contribution in [3.05, 3.63) is 42.1 Å². The molecule has 0 aliphatic carbocycles. The number of methoxy groups -OCH3 is 1. The Morgan fingerprint density at radius 3 is 2.74 bits per heavy atom. The fraction of sp³-hybridized carbons (Fsp3) is 0.353. The highest BCUT2D eigenvalue weighted by molar-refractivity contribution is 5.92. The quantitative estimate of drug-likeness (QED) is 0.732. The van der Waals surface area contributed by atoms with Gasteiger partial charge >= 0.3 is 0 Å². The molecule has 0 aliphatic heterocycles. The fourth-order valence-electron chi connectivity index (χ4n) is 2.04. The molecule has 2 N–H and O–H groups in total. The predicted octanol–water partition coefficient (Wildman–Crippen LogP) is 3.15. The average molecular weight is 314 g/mol. The number of carbonyl (C=O) groups is 1. The van der Waals surface area contributed by atoms with Gasteiger partial charge in [0.05, 0.1) is 7.11 Å². The summed E-state index contributed by atoms with van der Waals surface area (Å²) in [5, 5.41) is 14.0. The number of anilines is 2. The Bertz CT molecular complexity index is 629. The Hall–Kier alpha value is -2.63. The zero-order valence-electron chi connectivity index (χ0n) is 13.5. The summed E-state index contributed by atoms with van der Waals surface area (Å²) in [7, 11) is 1.62. The maximum atomic E-state index is 11.9. The highest BCUT2D eigenvalue weighted by atomic mass is 16.5. The Labute approximate surface area is 136 Å². The minimum absolute atomic E-state index is 0.193. The van der Waals surface area contributed by atoms with E-state index >= 15 is 0 Å². The van der Waals surface area contributed by atoms with Crippen LogP contribution in [0.4, 0.5) is 11.5 Å². The number of aromatic nitrogens is 2. The van der Waals surface area contributed by atoms with Crippen LogP contribution in [0.1, 0.15) is 36.7 Å². The fourth-order valence-corrected chi connectivity index (χ4v) is 2.04. The van der Waals surface area contributed by atoms with Crippen molar-refractivity contribution in [3.63, 3.8) is 0 Å². The van der Waals surface area contributed by atoms with E-state index in [4.69, 9.17) is 4.74 Å². The van der Waals surface area contributed by atoms with Crippen LogP contribution in [0, 0.1) is 0 Å². The molecular formula is C17H22N4O2. The van der Waals surface area contributed by atoms with Crippen LogP contribution in [0.3, 0.4) is 0 Å². The van der Waals surface area contributed by atoms with Gasteiger partial charge in [0.2, 0.25) is 0 Å². The van der Waals surface area contributed by atoms with Gasteiger partial charge in [0, 0.05) is 18.3 Å². The lowest BCUT2D eigenvalue weighted by Gasteiger charge is -2.07. The molecule has 1 aromatic carbocycles. The molecule has 2 aromatic rings. The maximum Gasteiger partial charge on any atom is 0.271 e. The van der Waals surface area contributed by atoms with E-state index in [1.54, 1.807) is 19.2 Å². The molecule has 0 saturated carbocycles. The van der Waals surface area contributed by atoms with Gasteiger partial charge in [0.1, 0.15) is 5.75 Å². The lowest BCUT2D eigenvalue weighted by atomic mass is 10.2. The number of rotatable bonds is 8. The van der Waals surface area contributed by atoms with Crippen molar-refractivity contribution in [3.8, 4) is 5.75 Å². The molecule has 1 heterocycles. The molecule has 0 radical (unpaired) electrons. The number of benzene rings is 1. The van der Waals surface area contributed by atoms with Crippen LogP contribution in [0.25, 0.3) is 0 Å². The van der Waals surface area contributed by atoms with Crippen LogP contribution in [0.15, 0.2) is 36.4 Å². The Balaban J connectivity index is 1.92. The van der Waals surface area contributed by atoms with Gasteiger partial charge in [0.15, 0.2) is 11.5 Å². The third kappa shape index (κ3) is 5.25. The van der Waals surface area contributed by atoms with Crippen molar-refractivity contribution < 1.29 is 9.53 Å². The number of carbonyl (C=O) groups excluding carboxylic acids is 1. The zero-order valence-corrected chi connectivity index (χ0v) is 13.5. The van der Waals surface area contributed by atoms with E-state index in [0.717, 1.165) is 30.7 Å². The molecule has 1 aromatic heterocycles. The highest BCUT2D eigenvalue weighted by Gasteiger charge is 2.07. The molecule has 6 heteroatoms. The first kappa shape index (κ1) is 16.7. The summed E-state index contributed by atoms with van der Waals surface area (Å²) >= 11 is 0. The zero-order chi connectivity index (χ0) is 16.5. The number of hydrogen-bond acceptors (Lipinski definition) is 5. The smallest absolute Gasteiger partial charge is 0.271 e. The molecule has 0 atom stereocenters. The summed E-state index contributed by atoms with van der Waals surface area (Å²) in [5.41, 5.74) is 1.16. The van der Waals surface area contributed by atoms with Crippen LogP contribution in [-0.2, 0) is 0 Å². The summed E-state index contributed by atoms with van der Waals surface area (Å²) < 4.78 is 5.17. The lowest BCUT2D eigenvalue weighted by Crippen LogP contribution is -2.25. The first-order valence-electron chi connectivity index (χ1n) is 7.76. The molecule has 2 rings (SSSR count). The number of amides is 1. The predicted molar refractivity (Wildman–Crippen MR) is 90.2 cm³/mol. The molecule has 122 valence electrons. The summed E-state index contributed by atoms with van der Waals surface area (Å²) in [6, 6.07) is 10.9. The van der Waals surface area contributed by atoms with E-state index in [-0.39, 0.29) is 5.91 Å².